The molecule has 0 radical (unpaired) electrons. The number of pyridine rings is 1. The number of hydrogen-bond acceptors (Lipinski definition) is 3. The zero-order chi connectivity index (χ0) is 10.7. The Morgan fingerprint density at radius 2 is 2.33 bits per heavy atom. The van der Waals surface area contributed by atoms with Gasteiger partial charge in [-0.15, -0.1) is 0 Å². The molecule has 3 heteroatoms. The van der Waals surface area contributed by atoms with Gasteiger partial charge in [0.25, 0.3) is 0 Å². The summed E-state index contributed by atoms with van der Waals surface area (Å²) in [5, 5.41) is 0. The molecule has 0 unspecified atom stereocenters. The predicted molar refractivity (Wildman–Crippen MR) is 62.3 cm³/mol. The van der Waals surface area contributed by atoms with Crippen molar-refractivity contribution in [2.24, 2.45) is 5.92 Å². The van der Waals surface area contributed by atoms with Gasteiger partial charge >= 0.3 is 0 Å². The fourth-order valence-electron chi connectivity index (χ4n) is 1.78. The number of anilines is 1. The maximum Gasteiger partial charge on any atom is 0.0564 e. The molecule has 1 saturated carbocycles. The summed E-state index contributed by atoms with van der Waals surface area (Å²) in [6, 6.07) is 3.80. The Bertz CT molecular complexity index is 320. The summed E-state index contributed by atoms with van der Waals surface area (Å²) >= 11 is 0. The van der Waals surface area contributed by atoms with Crippen LogP contribution in [0.1, 0.15) is 25.5 Å². The second-order valence-corrected chi connectivity index (χ2v) is 4.35. The molecule has 1 aliphatic carbocycles. The SMILES string of the molecule is CCN(Cc1cc(N)ccn1)CC1CC1. The summed E-state index contributed by atoms with van der Waals surface area (Å²) in [6.45, 7) is 5.44. The minimum atomic E-state index is 0.808. The fourth-order valence-corrected chi connectivity index (χ4v) is 1.78. The molecule has 1 aliphatic rings. The normalized spacial score (nSPS) is 15.9. The van der Waals surface area contributed by atoms with E-state index in [-0.39, 0.29) is 0 Å². The van der Waals surface area contributed by atoms with Crippen LogP contribution in [0.25, 0.3) is 0 Å². The largest absolute Gasteiger partial charge is 0.399 e. The van der Waals surface area contributed by atoms with Gasteiger partial charge in [0.15, 0.2) is 0 Å². The second kappa shape index (κ2) is 4.62. The molecule has 0 atom stereocenters. The Balaban J connectivity index is 1.92. The molecule has 15 heavy (non-hydrogen) atoms. The first-order valence-corrected chi connectivity index (χ1v) is 5.70. The smallest absolute Gasteiger partial charge is 0.0564 e. The van der Waals surface area contributed by atoms with Crippen LogP contribution in [0.3, 0.4) is 0 Å². The zero-order valence-corrected chi connectivity index (χ0v) is 9.32. The lowest BCUT2D eigenvalue weighted by atomic mass is 10.3. The van der Waals surface area contributed by atoms with Crippen molar-refractivity contribution in [2.45, 2.75) is 26.3 Å². The molecule has 82 valence electrons. The van der Waals surface area contributed by atoms with Crippen LogP contribution in [0.4, 0.5) is 5.69 Å². The standard InChI is InChI=1S/C12H19N3/c1-2-15(8-10-3-4-10)9-12-7-11(13)5-6-14-12/h5-7,10H,2-4,8-9H2,1H3,(H2,13,14). The van der Waals surface area contributed by atoms with E-state index in [4.69, 9.17) is 5.73 Å². The minimum absolute atomic E-state index is 0.808. The number of nitrogens with zero attached hydrogens (tertiary/aromatic N) is 2. The van der Waals surface area contributed by atoms with Gasteiger partial charge in [0.2, 0.25) is 0 Å². The molecule has 1 aromatic heterocycles. The monoisotopic (exact) mass is 205 g/mol. The van der Waals surface area contributed by atoms with Crippen molar-refractivity contribution in [2.75, 3.05) is 18.8 Å². The van der Waals surface area contributed by atoms with Gasteiger partial charge < -0.3 is 5.73 Å². The Morgan fingerprint density at radius 1 is 1.53 bits per heavy atom. The van der Waals surface area contributed by atoms with E-state index in [9.17, 15) is 0 Å². The summed E-state index contributed by atoms with van der Waals surface area (Å²) < 4.78 is 0. The maximum atomic E-state index is 5.73. The van der Waals surface area contributed by atoms with E-state index in [0.717, 1.165) is 30.4 Å². The average molecular weight is 205 g/mol. The third-order valence-corrected chi connectivity index (χ3v) is 2.89. The van der Waals surface area contributed by atoms with Crippen LogP contribution < -0.4 is 5.73 Å². The van der Waals surface area contributed by atoms with Crippen LogP contribution in [0.5, 0.6) is 0 Å². The Labute approximate surface area is 91.3 Å². The highest BCUT2D eigenvalue weighted by Crippen LogP contribution is 2.29. The molecule has 2 N–H and O–H groups in total. The van der Waals surface area contributed by atoms with Crippen LogP contribution in [0, 0.1) is 5.92 Å². The lowest BCUT2D eigenvalue weighted by Gasteiger charge is -2.19. The molecule has 2 rings (SSSR count). The summed E-state index contributed by atoms with van der Waals surface area (Å²) in [5.41, 5.74) is 7.62. The number of aromatic nitrogens is 1. The zero-order valence-electron chi connectivity index (χ0n) is 9.32. The lowest BCUT2D eigenvalue weighted by molar-refractivity contribution is 0.265. The summed E-state index contributed by atoms with van der Waals surface area (Å²) in [7, 11) is 0. The molecule has 1 aromatic rings. The van der Waals surface area contributed by atoms with Crippen molar-refractivity contribution in [1.29, 1.82) is 0 Å². The molecule has 0 saturated heterocycles. The maximum absolute atomic E-state index is 5.73. The van der Waals surface area contributed by atoms with E-state index in [2.05, 4.69) is 16.8 Å². The Kier molecular flexibility index (Phi) is 3.21. The highest BCUT2D eigenvalue weighted by atomic mass is 15.1. The van der Waals surface area contributed by atoms with Crippen LogP contribution >= 0.6 is 0 Å². The van der Waals surface area contributed by atoms with Crippen LogP contribution in [-0.2, 0) is 6.54 Å². The molecular weight excluding hydrogens is 186 g/mol. The van der Waals surface area contributed by atoms with Crippen LogP contribution in [0.2, 0.25) is 0 Å². The van der Waals surface area contributed by atoms with Gasteiger partial charge in [0, 0.05) is 25.0 Å². The van der Waals surface area contributed by atoms with Crippen molar-refractivity contribution < 1.29 is 0 Å². The minimum Gasteiger partial charge on any atom is -0.399 e. The predicted octanol–water partition coefficient (Wildman–Crippen LogP) is 1.90. The second-order valence-electron chi connectivity index (χ2n) is 4.35. The van der Waals surface area contributed by atoms with E-state index in [1.54, 1.807) is 6.20 Å². The Hall–Kier alpha value is -1.09. The third-order valence-electron chi connectivity index (χ3n) is 2.89. The van der Waals surface area contributed by atoms with Gasteiger partial charge in [0.05, 0.1) is 5.69 Å². The first-order valence-electron chi connectivity index (χ1n) is 5.70. The van der Waals surface area contributed by atoms with Crippen molar-refractivity contribution in [3.05, 3.63) is 24.0 Å². The molecule has 0 spiro atoms. The summed E-state index contributed by atoms with van der Waals surface area (Å²) in [6.07, 6.45) is 4.59. The van der Waals surface area contributed by atoms with Gasteiger partial charge in [0.1, 0.15) is 0 Å². The first kappa shape index (κ1) is 10.4. The first-order chi connectivity index (χ1) is 7.28. The third kappa shape index (κ3) is 3.20. The van der Waals surface area contributed by atoms with E-state index in [0.29, 0.717) is 0 Å². The van der Waals surface area contributed by atoms with Crippen molar-refractivity contribution in [3.63, 3.8) is 0 Å². The van der Waals surface area contributed by atoms with Crippen molar-refractivity contribution in [3.8, 4) is 0 Å². The summed E-state index contributed by atoms with van der Waals surface area (Å²) in [5.74, 6) is 0.936. The van der Waals surface area contributed by atoms with Crippen LogP contribution in [0.15, 0.2) is 18.3 Å². The van der Waals surface area contributed by atoms with Gasteiger partial charge in [-0.1, -0.05) is 6.92 Å². The molecule has 3 nitrogen and oxygen atoms in total. The van der Waals surface area contributed by atoms with Crippen molar-refractivity contribution in [1.82, 2.24) is 9.88 Å². The number of rotatable bonds is 5. The van der Waals surface area contributed by atoms with E-state index in [1.165, 1.54) is 19.4 Å². The molecule has 0 amide bonds. The topological polar surface area (TPSA) is 42.1 Å². The van der Waals surface area contributed by atoms with E-state index >= 15 is 0 Å². The van der Waals surface area contributed by atoms with Gasteiger partial charge in [-0.3, -0.25) is 9.88 Å². The lowest BCUT2D eigenvalue weighted by Crippen LogP contribution is -2.25. The molecule has 1 heterocycles. The van der Waals surface area contributed by atoms with Crippen molar-refractivity contribution >= 4 is 5.69 Å². The van der Waals surface area contributed by atoms with Gasteiger partial charge in [-0.05, 0) is 37.4 Å². The number of nitrogens with two attached hydrogens (primary N) is 1. The summed E-state index contributed by atoms with van der Waals surface area (Å²) in [4.78, 5) is 6.78. The fraction of sp³-hybridized carbons (Fsp3) is 0.583. The molecular formula is C12H19N3. The van der Waals surface area contributed by atoms with Gasteiger partial charge in [-0.2, -0.15) is 0 Å². The van der Waals surface area contributed by atoms with Gasteiger partial charge in [-0.25, -0.2) is 0 Å². The van der Waals surface area contributed by atoms with Crippen LogP contribution in [-0.4, -0.2) is 23.0 Å². The van der Waals surface area contributed by atoms with E-state index < -0.39 is 0 Å². The van der Waals surface area contributed by atoms with E-state index in [1.807, 2.05) is 12.1 Å². The molecule has 1 fully saturated rings. The molecule has 0 bridgehead atoms. The highest BCUT2D eigenvalue weighted by Gasteiger charge is 2.23. The average Bonchev–Trinajstić information content (AvgIpc) is 3.01. The molecule has 0 aliphatic heterocycles. The molecule has 0 aromatic carbocycles. The number of hydrogen-bond donors (Lipinski definition) is 1. The Morgan fingerprint density at radius 3 is 2.93 bits per heavy atom. The highest BCUT2D eigenvalue weighted by molar-refractivity contribution is 5.37. The number of nitrogen functional groups attached to an aromatic ring is 1. The quantitative estimate of drug-likeness (QED) is 0.798.